The maximum absolute atomic E-state index is 12.5. The van der Waals surface area contributed by atoms with Crippen molar-refractivity contribution in [2.24, 2.45) is 5.92 Å². The largest absolute Gasteiger partial charge is 0.451 e. The molecule has 0 fully saturated rings. The molecule has 7 heteroatoms. The number of anilines is 2. The molecular formula is C20H21ClN2O4. The summed E-state index contributed by atoms with van der Waals surface area (Å²) in [6.45, 7) is 5.07. The number of rotatable bonds is 6. The first kappa shape index (κ1) is 20.5. The molecule has 0 bridgehead atoms. The van der Waals surface area contributed by atoms with Crippen LogP contribution in [0.15, 0.2) is 42.5 Å². The van der Waals surface area contributed by atoms with Crippen LogP contribution in [0.1, 0.15) is 41.5 Å². The van der Waals surface area contributed by atoms with Gasteiger partial charge in [-0.3, -0.25) is 9.59 Å². The van der Waals surface area contributed by atoms with E-state index in [1.54, 1.807) is 38.1 Å². The van der Waals surface area contributed by atoms with Gasteiger partial charge < -0.3 is 15.8 Å². The molecule has 0 spiro atoms. The lowest BCUT2D eigenvalue weighted by atomic mass is 10.1. The Balaban J connectivity index is 2.02. The van der Waals surface area contributed by atoms with Crippen LogP contribution in [0.2, 0.25) is 5.02 Å². The molecule has 6 nitrogen and oxygen atoms in total. The van der Waals surface area contributed by atoms with Gasteiger partial charge in [0.25, 0.3) is 0 Å². The number of esters is 1. The Morgan fingerprint density at radius 3 is 2.15 bits per heavy atom. The fourth-order valence-electron chi connectivity index (χ4n) is 2.19. The van der Waals surface area contributed by atoms with Crippen LogP contribution >= 0.6 is 11.6 Å². The molecule has 142 valence electrons. The van der Waals surface area contributed by atoms with Gasteiger partial charge in [-0.2, -0.15) is 0 Å². The molecule has 0 aliphatic carbocycles. The first-order valence-electron chi connectivity index (χ1n) is 8.40. The zero-order valence-corrected chi connectivity index (χ0v) is 16.0. The summed E-state index contributed by atoms with van der Waals surface area (Å²) in [6, 6.07) is 10.8. The van der Waals surface area contributed by atoms with Crippen molar-refractivity contribution in [1.82, 2.24) is 0 Å². The predicted octanol–water partition coefficient (Wildman–Crippen LogP) is 3.94. The molecule has 0 unspecified atom stereocenters. The normalized spacial score (nSPS) is 11.7. The molecule has 1 atom stereocenters. The second-order valence-electron chi connectivity index (χ2n) is 6.37. The van der Waals surface area contributed by atoms with Crippen LogP contribution in [0.25, 0.3) is 0 Å². The van der Waals surface area contributed by atoms with Crippen LogP contribution < -0.4 is 11.1 Å². The van der Waals surface area contributed by atoms with Crippen LogP contribution in [0, 0.1) is 5.92 Å². The van der Waals surface area contributed by atoms with Crippen LogP contribution in [-0.2, 0) is 9.53 Å². The Labute approximate surface area is 162 Å². The average Bonchev–Trinajstić information content (AvgIpc) is 2.63. The number of hydrogen-bond acceptors (Lipinski definition) is 5. The molecule has 0 saturated heterocycles. The van der Waals surface area contributed by atoms with Gasteiger partial charge >= 0.3 is 5.97 Å². The second-order valence-corrected chi connectivity index (χ2v) is 6.78. The summed E-state index contributed by atoms with van der Waals surface area (Å²) in [4.78, 5) is 36.3. The molecule has 0 aliphatic rings. The topological polar surface area (TPSA) is 98.5 Å². The Morgan fingerprint density at radius 2 is 1.59 bits per heavy atom. The number of ether oxygens (including phenoxy) is 1. The SMILES string of the molecule is CC(C)C(=O)Nc1ccc(C(=O)[C@H](C)OC(=O)c2ccc(Cl)c(N)c2)cc1. The first-order valence-corrected chi connectivity index (χ1v) is 8.78. The van der Waals surface area contributed by atoms with E-state index in [9.17, 15) is 14.4 Å². The third-order valence-corrected chi connectivity index (χ3v) is 4.19. The zero-order valence-electron chi connectivity index (χ0n) is 15.3. The number of nitrogen functional groups attached to an aromatic ring is 1. The smallest absolute Gasteiger partial charge is 0.338 e. The van der Waals surface area contributed by atoms with E-state index >= 15 is 0 Å². The Morgan fingerprint density at radius 1 is 1.00 bits per heavy atom. The molecule has 0 heterocycles. The van der Waals surface area contributed by atoms with Gasteiger partial charge in [0, 0.05) is 17.2 Å². The van der Waals surface area contributed by atoms with E-state index in [0.717, 1.165) is 0 Å². The van der Waals surface area contributed by atoms with Gasteiger partial charge in [-0.15, -0.1) is 0 Å². The molecule has 0 saturated carbocycles. The van der Waals surface area contributed by atoms with E-state index in [2.05, 4.69) is 5.32 Å². The summed E-state index contributed by atoms with van der Waals surface area (Å²) in [5, 5.41) is 3.08. The molecule has 0 aliphatic heterocycles. The lowest BCUT2D eigenvalue weighted by Crippen LogP contribution is -2.24. The van der Waals surface area contributed by atoms with Gasteiger partial charge in [-0.05, 0) is 49.4 Å². The number of ketones is 1. The molecule has 3 N–H and O–H groups in total. The predicted molar refractivity (Wildman–Crippen MR) is 105 cm³/mol. The Kier molecular flexibility index (Phi) is 6.58. The molecule has 2 aromatic carbocycles. The van der Waals surface area contributed by atoms with Crippen molar-refractivity contribution < 1.29 is 19.1 Å². The lowest BCUT2D eigenvalue weighted by Gasteiger charge is -2.13. The fourth-order valence-corrected chi connectivity index (χ4v) is 2.31. The number of benzene rings is 2. The second kappa shape index (κ2) is 8.68. The monoisotopic (exact) mass is 388 g/mol. The van der Waals surface area contributed by atoms with Gasteiger partial charge in [0.15, 0.2) is 6.10 Å². The minimum atomic E-state index is -0.981. The third kappa shape index (κ3) is 5.31. The van der Waals surface area contributed by atoms with Gasteiger partial charge in [-0.1, -0.05) is 25.4 Å². The lowest BCUT2D eigenvalue weighted by molar-refractivity contribution is -0.118. The quantitative estimate of drug-likeness (QED) is 0.443. The number of amides is 1. The minimum absolute atomic E-state index is 0.112. The summed E-state index contributed by atoms with van der Waals surface area (Å²) in [7, 11) is 0. The van der Waals surface area contributed by atoms with Gasteiger partial charge in [0.05, 0.1) is 16.3 Å². The summed E-state index contributed by atoms with van der Waals surface area (Å²) < 4.78 is 5.22. The van der Waals surface area contributed by atoms with Crippen LogP contribution in [-0.4, -0.2) is 23.8 Å². The molecule has 27 heavy (non-hydrogen) atoms. The van der Waals surface area contributed by atoms with E-state index in [-0.39, 0.29) is 28.9 Å². The summed E-state index contributed by atoms with van der Waals surface area (Å²) >= 11 is 5.83. The molecule has 2 aromatic rings. The highest BCUT2D eigenvalue weighted by atomic mass is 35.5. The summed E-state index contributed by atoms with van der Waals surface area (Å²) in [6.07, 6.45) is -0.981. The third-order valence-electron chi connectivity index (χ3n) is 3.85. The highest BCUT2D eigenvalue weighted by Crippen LogP contribution is 2.21. The molecule has 1 amide bonds. The number of halogens is 1. The number of nitrogens with two attached hydrogens (primary N) is 1. The maximum Gasteiger partial charge on any atom is 0.338 e. The van der Waals surface area contributed by atoms with Crippen molar-refractivity contribution in [2.45, 2.75) is 26.9 Å². The van der Waals surface area contributed by atoms with E-state index in [4.69, 9.17) is 22.1 Å². The molecule has 0 radical (unpaired) electrons. The highest BCUT2D eigenvalue weighted by molar-refractivity contribution is 6.33. The number of nitrogens with one attached hydrogen (secondary N) is 1. The molecule has 2 rings (SSSR count). The number of carbonyl (C=O) groups excluding carboxylic acids is 3. The van der Waals surface area contributed by atoms with Crippen LogP contribution in [0.4, 0.5) is 11.4 Å². The number of carbonyl (C=O) groups is 3. The van der Waals surface area contributed by atoms with Crippen molar-refractivity contribution in [2.75, 3.05) is 11.1 Å². The number of Topliss-reactive ketones (excluding diaryl/α,β-unsaturated/α-hetero) is 1. The zero-order chi connectivity index (χ0) is 20.1. The van der Waals surface area contributed by atoms with Gasteiger partial charge in [0.2, 0.25) is 11.7 Å². The van der Waals surface area contributed by atoms with Crippen molar-refractivity contribution in [3.63, 3.8) is 0 Å². The van der Waals surface area contributed by atoms with Crippen molar-refractivity contribution in [3.05, 3.63) is 58.6 Å². The Hall–Kier alpha value is -2.86. The van der Waals surface area contributed by atoms with E-state index in [1.807, 2.05) is 0 Å². The van der Waals surface area contributed by atoms with Crippen LogP contribution in [0.3, 0.4) is 0 Å². The van der Waals surface area contributed by atoms with E-state index < -0.39 is 12.1 Å². The minimum Gasteiger partial charge on any atom is -0.451 e. The maximum atomic E-state index is 12.5. The fraction of sp³-hybridized carbons (Fsp3) is 0.250. The Bertz CT molecular complexity index is 863. The van der Waals surface area contributed by atoms with Gasteiger partial charge in [0.1, 0.15) is 0 Å². The summed E-state index contributed by atoms with van der Waals surface area (Å²) in [5.41, 5.74) is 7.09. The van der Waals surface area contributed by atoms with Crippen molar-refractivity contribution in [1.29, 1.82) is 0 Å². The van der Waals surface area contributed by atoms with Crippen molar-refractivity contribution in [3.8, 4) is 0 Å². The van der Waals surface area contributed by atoms with Crippen LogP contribution in [0.5, 0.6) is 0 Å². The van der Waals surface area contributed by atoms with Crippen molar-refractivity contribution >= 4 is 40.6 Å². The average molecular weight is 389 g/mol. The van der Waals surface area contributed by atoms with E-state index in [1.165, 1.54) is 25.1 Å². The van der Waals surface area contributed by atoms with Gasteiger partial charge in [-0.25, -0.2) is 4.79 Å². The standard InChI is InChI=1S/C20H21ClN2O4/c1-11(2)19(25)23-15-7-4-13(5-8-15)18(24)12(3)27-20(26)14-6-9-16(21)17(22)10-14/h4-12H,22H2,1-3H3,(H,23,25)/t12-/m0/s1. The highest BCUT2D eigenvalue weighted by Gasteiger charge is 2.21. The molecule has 0 aromatic heterocycles. The summed E-state index contributed by atoms with van der Waals surface area (Å²) in [5.74, 6) is -1.28. The number of hydrogen-bond donors (Lipinski definition) is 2. The van der Waals surface area contributed by atoms with E-state index in [0.29, 0.717) is 16.3 Å². The molecular weight excluding hydrogens is 368 g/mol. The first-order chi connectivity index (χ1) is 12.7.